The first-order chi connectivity index (χ1) is 17.0. The Morgan fingerprint density at radius 1 is 1.17 bits per heavy atom. The molecule has 0 spiro atoms. The highest BCUT2D eigenvalue weighted by molar-refractivity contribution is 6.32. The van der Waals surface area contributed by atoms with Crippen LogP contribution < -0.4 is 15.4 Å². The number of anilines is 1. The Morgan fingerprint density at radius 2 is 1.94 bits per heavy atom. The molecule has 3 aromatic heterocycles. The average molecular weight is 523 g/mol. The van der Waals surface area contributed by atoms with Gasteiger partial charge < -0.3 is 15.4 Å². The third-order valence-electron chi connectivity index (χ3n) is 4.69. The Morgan fingerprint density at radius 3 is 2.67 bits per heavy atom. The molecule has 0 radical (unpaired) electrons. The van der Waals surface area contributed by atoms with E-state index in [1.807, 2.05) is 0 Å². The summed E-state index contributed by atoms with van der Waals surface area (Å²) < 4.78 is 56.8. The molecule has 2 N–H and O–H groups in total. The number of nitrogens with zero attached hydrogens (tertiary/aromatic N) is 4. The number of carbonyl (C=O) groups excluding carboxylic acids is 2. The molecule has 14 heteroatoms. The van der Waals surface area contributed by atoms with Crippen LogP contribution in [0, 0.1) is 5.82 Å². The Bertz CT molecular complexity index is 1470. The number of benzene rings is 1. The lowest BCUT2D eigenvalue weighted by atomic mass is 10.1. The number of ether oxygens (including phenoxy) is 1. The van der Waals surface area contributed by atoms with Gasteiger partial charge in [0.2, 0.25) is 5.91 Å². The number of imidazole rings is 1. The molecule has 36 heavy (non-hydrogen) atoms. The second kappa shape index (κ2) is 9.77. The number of aromatic nitrogens is 4. The van der Waals surface area contributed by atoms with E-state index in [0.717, 1.165) is 18.2 Å². The quantitative estimate of drug-likeness (QED) is 0.287. The molecule has 0 atom stereocenters. The van der Waals surface area contributed by atoms with Gasteiger partial charge in [0.05, 0.1) is 17.5 Å². The van der Waals surface area contributed by atoms with Crippen LogP contribution in [-0.4, -0.2) is 37.8 Å². The fourth-order valence-corrected chi connectivity index (χ4v) is 3.41. The Kier molecular flexibility index (Phi) is 6.75. The van der Waals surface area contributed by atoms with Gasteiger partial charge in [-0.2, -0.15) is 5.10 Å². The van der Waals surface area contributed by atoms with E-state index in [2.05, 4.69) is 30.4 Å². The first kappa shape index (κ1) is 24.9. The lowest BCUT2D eigenvalue weighted by Gasteiger charge is -2.14. The standard InChI is InChI=1S/C22H15ClF4N6O3/c1-11(34)30-18-10-33-19(31-18)5-3-16(32-33)15-7-13(9-28-20(15)23)21(35)29-8-12-6-14(24)2-4-17(12)36-22(25,26)27/h2-7,9-10H,8H2,1H3,(H,29,35)(H,30,34). The molecule has 0 aliphatic carbocycles. The summed E-state index contributed by atoms with van der Waals surface area (Å²) >= 11 is 6.20. The molecule has 0 saturated heterocycles. The summed E-state index contributed by atoms with van der Waals surface area (Å²) in [5.41, 5.74) is 0.855. The van der Waals surface area contributed by atoms with E-state index < -0.39 is 30.4 Å². The maximum Gasteiger partial charge on any atom is 0.573 e. The number of carbonyl (C=O) groups is 2. The van der Waals surface area contributed by atoms with Crippen molar-refractivity contribution in [1.29, 1.82) is 0 Å². The van der Waals surface area contributed by atoms with Gasteiger partial charge in [-0.15, -0.1) is 13.2 Å². The number of alkyl halides is 3. The highest BCUT2D eigenvalue weighted by Gasteiger charge is 2.32. The van der Waals surface area contributed by atoms with Gasteiger partial charge in [-0.1, -0.05) is 11.6 Å². The van der Waals surface area contributed by atoms with E-state index in [0.29, 0.717) is 11.3 Å². The summed E-state index contributed by atoms with van der Waals surface area (Å²) in [6.45, 7) is 0.883. The number of amides is 2. The van der Waals surface area contributed by atoms with Gasteiger partial charge in [0.25, 0.3) is 5.91 Å². The molecule has 0 aliphatic heterocycles. The van der Waals surface area contributed by atoms with Crippen LogP contribution in [-0.2, 0) is 11.3 Å². The molecular weight excluding hydrogens is 508 g/mol. The van der Waals surface area contributed by atoms with E-state index in [1.165, 1.54) is 29.9 Å². The smallest absolute Gasteiger partial charge is 0.405 e. The molecule has 0 fully saturated rings. The van der Waals surface area contributed by atoms with E-state index >= 15 is 0 Å². The zero-order valence-electron chi connectivity index (χ0n) is 18.2. The summed E-state index contributed by atoms with van der Waals surface area (Å²) in [5.74, 6) is -2.17. The topological polar surface area (TPSA) is 111 Å². The molecule has 4 aromatic rings. The molecule has 0 bridgehead atoms. The van der Waals surface area contributed by atoms with Crippen molar-refractivity contribution in [2.75, 3.05) is 5.32 Å². The Labute approximate surface area is 205 Å². The van der Waals surface area contributed by atoms with Crippen LogP contribution in [0.5, 0.6) is 5.75 Å². The summed E-state index contributed by atoms with van der Waals surface area (Å²) in [6, 6.07) is 7.04. The molecule has 0 saturated carbocycles. The number of nitrogens with one attached hydrogen (secondary N) is 2. The van der Waals surface area contributed by atoms with Gasteiger partial charge in [0.1, 0.15) is 16.7 Å². The van der Waals surface area contributed by atoms with Crippen LogP contribution in [0.3, 0.4) is 0 Å². The third-order valence-corrected chi connectivity index (χ3v) is 4.99. The van der Waals surface area contributed by atoms with Gasteiger partial charge >= 0.3 is 6.36 Å². The largest absolute Gasteiger partial charge is 0.573 e. The molecule has 4 rings (SSSR count). The second-order valence-electron chi connectivity index (χ2n) is 7.37. The summed E-state index contributed by atoms with van der Waals surface area (Å²) in [6.07, 6.45) is -2.33. The highest BCUT2D eigenvalue weighted by Crippen LogP contribution is 2.28. The molecule has 0 unspecified atom stereocenters. The predicted octanol–water partition coefficient (Wildman–Crippen LogP) is 4.37. The minimum Gasteiger partial charge on any atom is -0.405 e. The van der Waals surface area contributed by atoms with Crippen LogP contribution in [0.4, 0.5) is 23.4 Å². The summed E-state index contributed by atoms with van der Waals surface area (Å²) in [5, 5.41) is 9.34. The molecule has 3 heterocycles. The average Bonchev–Trinajstić information content (AvgIpc) is 3.19. The van der Waals surface area contributed by atoms with Crippen molar-refractivity contribution in [3.63, 3.8) is 0 Å². The molecule has 2 amide bonds. The normalized spacial score (nSPS) is 11.4. The van der Waals surface area contributed by atoms with Crippen molar-refractivity contribution in [2.45, 2.75) is 19.8 Å². The molecule has 186 valence electrons. The number of halogens is 5. The first-order valence-electron chi connectivity index (χ1n) is 10.1. The zero-order chi connectivity index (χ0) is 26.0. The predicted molar refractivity (Wildman–Crippen MR) is 120 cm³/mol. The number of hydrogen-bond acceptors (Lipinski definition) is 6. The summed E-state index contributed by atoms with van der Waals surface area (Å²) in [4.78, 5) is 32.1. The monoisotopic (exact) mass is 522 g/mol. The van der Waals surface area contributed by atoms with Crippen LogP contribution >= 0.6 is 11.6 Å². The van der Waals surface area contributed by atoms with Crippen LogP contribution in [0.15, 0.2) is 48.8 Å². The first-order valence-corrected chi connectivity index (χ1v) is 10.5. The SMILES string of the molecule is CC(=O)Nc1cn2nc(-c3cc(C(=O)NCc4cc(F)ccc4OC(F)(F)F)cnc3Cl)ccc2n1. The maximum atomic E-state index is 13.6. The fourth-order valence-electron chi connectivity index (χ4n) is 3.21. The van der Waals surface area contributed by atoms with Gasteiger partial charge in [0, 0.05) is 30.8 Å². The van der Waals surface area contributed by atoms with E-state index in [-0.39, 0.29) is 33.6 Å². The maximum absolute atomic E-state index is 13.6. The van der Waals surface area contributed by atoms with Gasteiger partial charge in [-0.05, 0) is 36.4 Å². The third kappa shape index (κ3) is 5.86. The van der Waals surface area contributed by atoms with Gasteiger partial charge in [0.15, 0.2) is 11.5 Å². The Balaban J connectivity index is 1.56. The van der Waals surface area contributed by atoms with Crippen molar-refractivity contribution in [2.24, 2.45) is 0 Å². The molecule has 9 nitrogen and oxygen atoms in total. The van der Waals surface area contributed by atoms with E-state index in [9.17, 15) is 27.2 Å². The summed E-state index contributed by atoms with van der Waals surface area (Å²) in [7, 11) is 0. The van der Waals surface area contributed by atoms with Crippen molar-refractivity contribution in [3.8, 4) is 17.0 Å². The molecule has 0 aliphatic rings. The van der Waals surface area contributed by atoms with Crippen LogP contribution in [0.25, 0.3) is 16.9 Å². The number of fused-ring (bicyclic) bond motifs is 1. The molecular formula is C22H15ClF4N6O3. The second-order valence-corrected chi connectivity index (χ2v) is 7.73. The fraction of sp³-hybridized carbons (Fsp3) is 0.136. The van der Waals surface area contributed by atoms with Crippen molar-refractivity contribution < 1.29 is 31.9 Å². The van der Waals surface area contributed by atoms with E-state index in [4.69, 9.17) is 11.6 Å². The Hall–Kier alpha value is -4.26. The number of hydrogen-bond donors (Lipinski definition) is 2. The van der Waals surface area contributed by atoms with Crippen LogP contribution in [0.2, 0.25) is 5.15 Å². The lowest BCUT2D eigenvalue weighted by Crippen LogP contribution is -2.24. The number of pyridine rings is 1. The van der Waals surface area contributed by atoms with Crippen LogP contribution in [0.1, 0.15) is 22.8 Å². The van der Waals surface area contributed by atoms with E-state index in [1.54, 1.807) is 12.1 Å². The van der Waals surface area contributed by atoms with Gasteiger partial charge in [-0.25, -0.2) is 18.9 Å². The minimum atomic E-state index is -4.99. The highest BCUT2D eigenvalue weighted by atomic mass is 35.5. The zero-order valence-corrected chi connectivity index (χ0v) is 19.0. The molecule has 1 aromatic carbocycles. The van der Waals surface area contributed by atoms with Crippen molar-refractivity contribution >= 4 is 34.9 Å². The van der Waals surface area contributed by atoms with Gasteiger partial charge in [-0.3, -0.25) is 9.59 Å². The minimum absolute atomic E-state index is 0.0237. The van der Waals surface area contributed by atoms with Crippen molar-refractivity contribution in [1.82, 2.24) is 24.9 Å². The number of rotatable bonds is 6. The lowest BCUT2D eigenvalue weighted by molar-refractivity contribution is -0.274. The van der Waals surface area contributed by atoms with Crippen molar-refractivity contribution in [3.05, 3.63) is 70.9 Å².